The topological polar surface area (TPSA) is 112 Å². The summed E-state index contributed by atoms with van der Waals surface area (Å²) in [6, 6.07) is 0. The average molecular weight is 1010 g/mol. The molecule has 0 amide bonds. The van der Waals surface area contributed by atoms with Gasteiger partial charge < -0.3 is 28.7 Å². The smallest absolute Gasteiger partial charge is 0.307 e. The maximum Gasteiger partial charge on any atom is 0.307 e. The number of likely N-dealkylation sites (N-methyl/N-ethyl adjacent to an activating group) is 1. The van der Waals surface area contributed by atoms with Crippen LogP contribution in [0.1, 0.15) is 206 Å². The van der Waals surface area contributed by atoms with Crippen molar-refractivity contribution in [3.63, 3.8) is 0 Å². The molecule has 0 radical (unpaired) electrons. The second-order valence-corrected chi connectivity index (χ2v) is 18.8. The largest absolute Gasteiger partial charge is 0.466 e. The molecule has 0 spiro atoms. The Balaban J connectivity index is 3.82. The molecule has 0 N–H and O–H groups in total. The first-order valence-corrected chi connectivity index (χ1v) is 28.5. The van der Waals surface area contributed by atoms with E-state index in [1.54, 1.807) is 0 Å². The first kappa shape index (κ1) is 67.7. The number of unbranched alkanes of at least 4 members (excludes halogenated alkanes) is 14. The van der Waals surface area contributed by atoms with Gasteiger partial charge in [0.1, 0.15) is 0 Å². The lowest BCUT2D eigenvalue weighted by molar-refractivity contribution is -0.145. The molecule has 0 saturated carbocycles. The van der Waals surface area contributed by atoms with Gasteiger partial charge in [0.2, 0.25) is 0 Å². The van der Waals surface area contributed by atoms with Crippen molar-refractivity contribution >= 4 is 23.9 Å². The van der Waals surface area contributed by atoms with Gasteiger partial charge in [-0.05, 0) is 143 Å². The monoisotopic (exact) mass is 1000 g/mol. The summed E-state index contributed by atoms with van der Waals surface area (Å²) >= 11 is 0. The molecule has 0 aromatic heterocycles. The van der Waals surface area contributed by atoms with Crippen LogP contribution in [-0.4, -0.2) is 100 Å². The molecule has 0 aliphatic heterocycles. The highest BCUT2D eigenvalue weighted by atomic mass is 16.5. The SMILES string of the molecule is CC/C=C\C/C=C\C/C=C\C/C=C\CCCCCOC(=O)CCCCCCCOC(=O)CCN(CCC(=O)OCCCCCCCC(=O)OCCCCC/C=C\C/C=C\C/C=C\C/C=C\CC)CCN(C)C. The van der Waals surface area contributed by atoms with Crippen LogP contribution in [0.15, 0.2) is 97.2 Å². The highest BCUT2D eigenvalue weighted by molar-refractivity contribution is 5.70. The molecule has 0 unspecified atom stereocenters. The van der Waals surface area contributed by atoms with E-state index in [9.17, 15) is 19.2 Å². The second-order valence-electron chi connectivity index (χ2n) is 18.8. The van der Waals surface area contributed by atoms with E-state index in [1.807, 2.05) is 14.1 Å². The van der Waals surface area contributed by atoms with E-state index < -0.39 is 0 Å². The zero-order chi connectivity index (χ0) is 52.5. The summed E-state index contributed by atoms with van der Waals surface area (Å²) < 4.78 is 21.8. The lowest BCUT2D eigenvalue weighted by Gasteiger charge is -2.23. The number of carbonyl (C=O) groups is 4. The second kappa shape index (κ2) is 56.0. The minimum Gasteiger partial charge on any atom is -0.466 e. The Morgan fingerprint density at radius 3 is 0.917 bits per heavy atom. The van der Waals surface area contributed by atoms with Crippen molar-refractivity contribution in [1.82, 2.24) is 9.80 Å². The molecule has 0 heterocycles. The van der Waals surface area contributed by atoms with E-state index in [0.29, 0.717) is 52.4 Å². The zero-order valence-electron chi connectivity index (χ0n) is 46.3. The highest BCUT2D eigenvalue weighted by Gasteiger charge is 2.13. The lowest BCUT2D eigenvalue weighted by Crippen LogP contribution is -2.35. The van der Waals surface area contributed by atoms with E-state index in [4.69, 9.17) is 18.9 Å². The molecular weight excluding hydrogens is 901 g/mol. The third-order valence-corrected chi connectivity index (χ3v) is 11.7. The Labute approximate surface area is 440 Å². The van der Waals surface area contributed by atoms with Gasteiger partial charge in [0.15, 0.2) is 0 Å². The predicted molar refractivity (Wildman–Crippen MR) is 302 cm³/mol. The number of allylic oxidation sites excluding steroid dienone is 16. The van der Waals surface area contributed by atoms with Crippen molar-refractivity contribution in [3.8, 4) is 0 Å². The maximum atomic E-state index is 12.5. The standard InChI is InChI=1S/C62H104N2O8/c1-5-7-9-11-13-15-17-19-21-23-25-27-29-31-37-43-55-69-59(65)47-41-35-33-39-45-57-71-61(67)49-51-64(54-53-63(3)4)52-50-62(68)72-58-46-40-34-36-42-48-60(66)70-56-44-38-32-30-28-26-24-22-20-18-16-14-12-10-8-6-2/h7-10,13-16,19-22,25-28H,5-6,11-12,17-18,23-24,29-58H2,1-4H3/b9-7-,10-8-,15-13-,16-14-,21-19-,22-20-,27-25-,28-26-. The molecule has 72 heavy (non-hydrogen) atoms. The van der Waals surface area contributed by atoms with Gasteiger partial charge in [-0.25, -0.2) is 0 Å². The quantitative estimate of drug-likeness (QED) is 0.0253. The number of esters is 4. The van der Waals surface area contributed by atoms with Crippen molar-refractivity contribution in [2.24, 2.45) is 0 Å². The number of hydrogen-bond acceptors (Lipinski definition) is 10. The number of carbonyl (C=O) groups excluding carboxylic acids is 4. The minimum atomic E-state index is -0.221. The summed E-state index contributed by atoms with van der Waals surface area (Å²) in [7, 11) is 4.02. The Morgan fingerprint density at radius 2 is 0.583 bits per heavy atom. The molecule has 410 valence electrons. The van der Waals surface area contributed by atoms with Gasteiger partial charge in [-0.3, -0.25) is 19.2 Å². The van der Waals surface area contributed by atoms with Crippen molar-refractivity contribution in [1.29, 1.82) is 0 Å². The van der Waals surface area contributed by atoms with Gasteiger partial charge in [-0.15, -0.1) is 0 Å². The van der Waals surface area contributed by atoms with E-state index >= 15 is 0 Å². The van der Waals surface area contributed by atoms with Crippen molar-refractivity contribution in [2.75, 3.05) is 66.7 Å². The predicted octanol–water partition coefficient (Wildman–Crippen LogP) is 15.2. The molecule has 10 heteroatoms. The van der Waals surface area contributed by atoms with Crippen LogP contribution in [0.2, 0.25) is 0 Å². The fraction of sp³-hybridized carbons (Fsp3) is 0.677. The number of rotatable bonds is 51. The third-order valence-electron chi connectivity index (χ3n) is 11.7. The van der Waals surface area contributed by atoms with Gasteiger partial charge >= 0.3 is 23.9 Å². The van der Waals surface area contributed by atoms with Crippen molar-refractivity contribution < 1.29 is 38.1 Å². The van der Waals surface area contributed by atoms with E-state index in [-0.39, 0.29) is 36.7 Å². The molecule has 10 nitrogen and oxygen atoms in total. The van der Waals surface area contributed by atoms with Gasteiger partial charge in [-0.2, -0.15) is 0 Å². The van der Waals surface area contributed by atoms with Crippen LogP contribution >= 0.6 is 0 Å². The van der Waals surface area contributed by atoms with Crippen molar-refractivity contribution in [2.45, 2.75) is 206 Å². The highest BCUT2D eigenvalue weighted by Crippen LogP contribution is 2.11. The molecule has 0 atom stereocenters. The molecular formula is C62H104N2O8. The van der Waals surface area contributed by atoms with Gasteiger partial charge in [0.25, 0.3) is 0 Å². The van der Waals surface area contributed by atoms with Gasteiger partial charge in [0.05, 0.1) is 39.3 Å². The normalized spacial score (nSPS) is 12.4. The average Bonchev–Trinajstić information content (AvgIpc) is 3.37. The Bertz CT molecular complexity index is 1420. The van der Waals surface area contributed by atoms with Crippen LogP contribution in [0.5, 0.6) is 0 Å². The molecule has 0 aliphatic carbocycles. The van der Waals surface area contributed by atoms with Crippen LogP contribution in [-0.2, 0) is 38.1 Å². The van der Waals surface area contributed by atoms with Crippen LogP contribution in [0.25, 0.3) is 0 Å². The first-order valence-electron chi connectivity index (χ1n) is 28.5. The van der Waals surface area contributed by atoms with Crippen LogP contribution < -0.4 is 0 Å². The molecule has 0 aliphatic rings. The summed E-state index contributed by atoms with van der Waals surface area (Å²) in [4.78, 5) is 53.4. The van der Waals surface area contributed by atoms with E-state index in [2.05, 4.69) is 121 Å². The molecule has 0 rings (SSSR count). The molecule has 0 bridgehead atoms. The fourth-order valence-corrected chi connectivity index (χ4v) is 7.29. The molecule has 0 saturated heterocycles. The summed E-state index contributed by atoms with van der Waals surface area (Å²) in [5, 5.41) is 0. The Hall–Kier alpha value is -4.28. The number of nitrogens with zero attached hydrogens (tertiary/aromatic N) is 2. The van der Waals surface area contributed by atoms with Crippen LogP contribution in [0.3, 0.4) is 0 Å². The fourth-order valence-electron chi connectivity index (χ4n) is 7.29. The van der Waals surface area contributed by atoms with E-state index in [0.717, 1.165) is 180 Å². The summed E-state index contributed by atoms with van der Waals surface area (Å²) in [6.45, 7) is 8.72. The molecule has 0 aromatic carbocycles. The van der Waals surface area contributed by atoms with Gasteiger partial charge in [-0.1, -0.05) is 150 Å². The van der Waals surface area contributed by atoms with Crippen molar-refractivity contribution in [3.05, 3.63) is 97.2 Å². The Kier molecular flexibility index (Phi) is 52.7. The lowest BCUT2D eigenvalue weighted by atomic mass is 10.1. The number of hydrogen-bond donors (Lipinski definition) is 0. The van der Waals surface area contributed by atoms with Crippen LogP contribution in [0, 0.1) is 0 Å². The zero-order valence-corrected chi connectivity index (χ0v) is 46.3. The maximum absolute atomic E-state index is 12.5. The number of ether oxygens (including phenoxy) is 4. The first-order chi connectivity index (χ1) is 35.3. The minimum absolute atomic E-state index is 0.110. The third kappa shape index (κ3) is 55.0. The molecule has 0 fully saturated rings. The summed E-state index contributed by atoms with van der Waals surface area (Å²) in [5.74, 6) is -0.662. The molecule has 0 aromatic rings. The summed E-state index contributed by atoms with van der Waals surface area (Å²) in [6.07, 6.45) is 62.3. The Morgan fingerprint density at radius 1 is 0.306 bits per heavy atom. The van der Waals surface area contributed by atoms with Gasteiger partial charge in [0, 0.05) is 39.0 Å². The summed E-state index contributed by atoms with van der Waals surface area (Å²) in [5.41, 5.74) is 0. The van der Waals surface area contributed by atoms with E-state index in [1.165, 1.54) is 0 Å². The van der Waals surface area contributed by atoms with Crippen LogP contribution in [0.4, 0.5) is 0 Å².